The Hall–Kier alpha value is 0.748. The first kappa shape index (κ1) is 28.8. The van der Waals surface area contributed by atoms with Crippen molar-refractivity contribution < 1.29 is 13.3 Å². The highest BCUT2D eigenvalue weighted by molar-refractivity contribution is 6.81. The fourth-order valence-electron chi connectivity index (χ4n) is 4.93. The maximum Gasteiger partial charge on any atom is 0.207 e. The second kappa shape index (κ2) is 8.84. The van der Waals surface area contributed by atoms with E-state index in [9.17, 15) is 0 Å². The van der Waals surface area contributed by atoms with E-state index in [0.29, 0.717) is 0 Å². The lowest BCUT2D eigenvalue weighted by Gasteiger charge is -2.59. The van der Waals surface area contributed by atoms with Gasteiger partial charge in [0.2, 0.25) is 9.04 Å². The Morgan fingerprint density at radius 1 is 0.867 bits per heavy atom. The monoisotopic (exact) mass is 490 g/mol. The standard InChI is InChI=1S/C23H54O3Si4/c1-16-21(5,24-27-19-18-23(27,7)26-29(11,12)13)22(6,17-2)30(14,15)25-20(3,4)28(8,9)10/h27H,16-19H2,1-15H3. The highest BCUT2D eigenvalue weighted by Gasteiger charge is 2.60. The van der Waals surface area contributed by atoms with Crippen molar-refractivity contribution in [3.63, 3.8) is 0 Å². The second-order valence-corrected chi connectivity index (χ2v) is 30.8. The Balaban J connectivity index is 3.25. The van der Waals surface area contributed by atoms with Crippen LogP contribution in [0.5, 0.6) is 0 Å². The SMILES string of the molecule is CCC(C)(O[SiH]1CCC1(C)O[Si](C)(C)C)C(C)(CC)[Si](C)(C)OC(C)(C)[Si](C)(C)C. The van der Waals surface area contributed by atoms with E-state index in [4.69, 9.17) is 13.3 Å². The first-order valence-corrected chi connectivity index (χ1v) is 23.9. The molecule has 1 aliphatic heterocycles. The summed E-state index contributed by atoms with van der Waals surface area (Å²) in [5, 5.41) is -0.00873. The molecule has 1 saturated heterocycles. The molecule has 0 aromatic rings. The summed E-state index contributed by atoms with van der Waals surface area (Å²) in [6.45, 7) is 35.6. The second-order valence-electron chi connectivity index (χ2n) is 13.3. The van der Waals surface area contributed by atoms with Crippen LogP contribution in [0.3, 0.4) is 0 Å². The molecule has 1 fully saturated rings. The molecule has 0 amide bonds. The largest absolute Gasteiger partial charge is 0.415 e. The van der Waals surface area contributed by atoms with Crippen molar-refractivity contribution in [1.82, 2.24) is 0 Å². The van der Waals surface area contributed by atoms with Crippen LogP contribution in [0.1, 0.15) is 67.7 Å². The molecule has 4 atom stereocenters. The Bertz CT molecular complexity index is 596. The van der Waals surface area contributed by atoms with E-state index in [-0.39, 0.29) is 21.1 Å². The molecular weight excluding hydrogens is 437 g/mol. The maximum atomic E-state index is 7.23. The summed E-state index contributed by atoms with van der Waals surface area (Å²) in [5.74, 6) is 0. The summed E-state index contributed by atoms with van der Waals surface area (Å²) in [5.41, 5.74) is -0.172. The van der Waals surface area contributed by atoms with Gasteiger partial charge in [-0.1, -0.05) is 40.4 Å². The van der Waals surface area contributed by atoms with Crippen molar-refractivity contribution in [2.45, 2.75) is 147 Å². The normalized spacial score (nSPS) is 27.9. The van der Waals surface area contributed by atoms with Crippen LogP contribution in [0.15, 0.2) is 0 Å². The molecule has 1 rings (SSSR count). The zero-order valence-corrected chi connectivity index (χ0v) is 27.3. The number of hydrogen-bond donors (Lipinski definition) is 0. The molecule has 180 valence electrons. The average molecular weight is 491 g/mol. The summed E-state index contributed by atoms with van der Waals surface area (Å²) in [7, 11) is -6.62. The van der Waals surface area contributed by atoms with E-state index < -0.39 is 33.7 Å². The molecule has 30 heavy (non-hydrogen) atoms. The minimum Gasteiger partial charge on any atom is -0.415 e. The van der Waals surface area contributed by atoms with E-state index in [0.717, 1.165) is 19.3 Å². The van der Waals surface area contributed by atoms with Crippen LogP contribution in [0.25, 0.3) is 0 Å². The summed E-state index contributed by atoms with van der Waals surface area (Å²) in [6, 6.07) is 1.24. The van der Waals surface area contributed by atoms with Crippen molar-refractivity contribution in [3.05, 3.63) is 0 Å². The predicted molar refractivity (Wildman–Crippen MR) is 144 cm³/mol. The third-order valence-electron chi connectivity index (χ3n) is 8.72. The molecule has 1 aliphatic rings. The van der Waals surface area contributed by atoms with Crippen molar-refractivity contribution in [2.24, 2.45) is 0 Å². The van der Waals surface area contributed by atoms with Crippen LogP contribution in [0, 0.1) is 0 Å². The van der Waals surface area contributed by atoms with Gasteiger partial charge in [-0.05, 0) is 85.7 Å². The highest BCUT2D eigenvalue weighted by atomic mass is 28.4. The van der Waals surface area contributed by atoms with Crippen LogP contribution < -0.4 is 0 Å². The van der Waals surface area contributed by atoms with Crippen molar-refractivity contribution in [2.75, 3.05) is 0 Å². The minimum atomic E-state index is -2.11. The Kier molecular flexibility index (Phi) is 8.48. The zero-order chi connectivity index (χ0) is 24.0. The summed E-state index contributed by atoms with van der Waals surface area (Å²) < 4.78 is 21.1. The Labute approximate surface area is 194 Å². The van der Waals surface area contributed by atoms with E-state index in [1.165, 1.54) is 6.04 Å². The molecule has 0 aromatic carbocycles. The first-order valence-electron chi connectivity index (χ1n) is 12.2. The molecule has 7 heteroatoms. The fraction of sp³-hybridized carbons (Fsp3) is 1.00. The molecule has 0 aliphatic carbocycles. The number of hydrogen-bond acceptors (Lipinski definition) is 3. The van der Waals surface area contributed by atoms with Gasteiger partial charge in [0.15, 0.2) is 16.6 Å². The quantitative estimate of drug-likeness (QED) is 0.281. The first-order chi connectivity index (χ1) is 13.1. The van der Waals surface area contributed by atoms with E-state index in [1.54, 1.807) is 0 Å². The molecule has 0 saturated carbocycles. The van der Waals surface area contributed by atoms with Gasteiger partial charge in [0.1, 0.15) is 0 Å². The van der Waals surface area contributed by atoms with Gasteiger partial charge >= 0.3 is 0 Å². The molecule has 0 aromatic heterocycles. The molecule has 0 bridgehead atoms. The summed E-state index contributed by atoms with van der Waals surface area (Å²) in [4.78, 5) is 0. The van der Waals surface area contributed by atoms with Crippen molar-refractivity contribution >= 4 is 33.7 Å². The Morgan fingerprint density at radius 2 is 1.37 bits per heavy atom. The van der Waals surface area contributed by atoms with Gasteiger partial charge in [-0.15, -0.1) is 0 Å². The lowest BCUT2D eigenvalue weighted by molar-refractivity contribution is -0.0152. The third kappa shape index (κ3) is 5.62. The van der Waals surface area contributed by atoms with Gasteiger partial charge in [-0.3, -0.25) is 0 Å². The topological polar surface area (TPSA) is 27.7 Å². The summed E-state index contributed by atoms with van der Waals surface area (Å²) >= 11 is 0. The molecular formula is C23H54O3Si4. The molecule has 4 unspecified atom stereocenters. The van der Waals surface area contributed by atoms with Gasteiger partial charge in [-0.25, -0.2) is 0 Å². The molecule has 1 heterocycles. The lowest BCUT2D eigenvalue weighted by atomic mass is 9.85. The van der Waals surface area contributed by atoms with Gasteiger partial charge in [-0.2, -0.15) is 0 Å². The van der Waals surface area contributed by atoms with Crippen LogP contribution in [0.2, 0.25) is 63.5 Å². The van der Waals surface area contributed by atoms with Crippen LogP contribution in [-0.4, -0.2) is 49.8 Å². The van der Waals surface area contributed by atoms with Crippen molar-refractivity contribution in [1.29, 1.82) is 0 Å². The van der Waals surface area contributed by atoms with Crippen molar-refractivity contribution in [3.8, 4) is 0 Å². The van der Waals surface area contributed by atoms with E-state index >= 15 is 0 Å². The lowest BCUT2D eigenvalue weighted by Crippen LogP contribution is -2.67. The van der Waals surface area contributed by atoms with E-state index in [2.05, 4.69) is 101 Å². The van der Waals surface area contributed by atoms with Crippen LogP contribution >= 0.6 is 0 Å². The molecule has 3 nitrogen and oxygen atoms in total. The molecule has 0 radical (unpaired) electrons. The Morgan fingerprint density at radius 3 is 1.67 bits per heavy atom. The maximum absolute atomic E-state index is 7.23. The fourth-order valence-corrected chi connectivity index (χ4v) is 16.7. The predicted octanol–water partition coefficient (Wildman–Crippen LogP) is 7.50. The smallest absolute Gasteiger partial charge is 0.207 e. The van der Waals surface area contributed by atoms with Gasteiger partial charge < -0.3 is 13.3 Å². The van der Waals surface area contributed by atoms with Crippen LogP contribution in [0.4, 0.5) is 0 Å². The average Bonchev–Trinajstić information content (AvgIpc) is 2.54. The van der Waals surface area contributed by atoms with E-state index in [1.807, 2.05) is 0 Å². The summed E-state index contributed by atoms with van der Waals surface area (Å²) in [6.07, 6.45) is 3.28. The third-order valence-corrected chi connectivity index (χ3v) is 21.9. The minimum absolute atomic E-state index is 0.000294. The molecule has 0 N–H and O–H groups in total. The zero-order valence-electron chi connectivity index (χ0n) is 23.1. The molecule has 0 spiro atoms. The van der Waals surface area contributed by atoms with Gasteiger partial charge in [0, 0.05) is 10.3 Å². The van der Waals surface area contributed by atoms with Crippen LogP contribution in [-0.2, 0) is 13.3 Å². The van der Waals surface area contributed by atoms with Gasteiger partial charge in [0.25, 0.3) is 0 Å². The van der Waals surface area contributed by atoms with Gasteiger partial charge in [0.05, 0.1) is 18.9 Å². The highest BCUT2D eigenvalue weighted by Crippen LogP contribution is 2.57. The number of rotatable bonds is 11.